The second kappa shape index (κ2) is 4.17. The van der Waals surface area contributed by atoms with Crippen molar-refractivity contribution in [2.45, 2.75) is 6.18 Å². The van der Waals surface area contributed by atoms with Gasteiger partial charge in [-0.05, 0) is 17.7 Å². The van der Waals surface area contributed by atoms with E-state index < -0.39 is 23.5 Å². The topological polar surface area (TPSA) is 63.3 Å². The smallest absolute Gasteiger partial charge is 0.416 e. The molecule has 0 saturated carbocycles. The summed E-state index contributed by atoms with van der Waals surface area (Å²) < 4.78 is 41.5. The molecule has 0 atom stereocenters. The van der Waals surface area contributed by atoms with E-state index in [1.807, 2.05) is 0 Å². The summed E-state index contributed by atoms with van der Waals surface area (Å²) in [6.45, 7) is 0. The highest BCUT2D eigenvalue weighted by atomic mass is 19.4. The maximum Gasteiger partial charge on any atom is 0.416 e. The van der Waals surface area contributed by atoms with Crippen molar-refractivity contribution in [3.63, 3.8) is 0 Å². The number of aromatic nitrogens is 1. The summed E-state index contributed by atoms with van der Waals surface area (Å²) >= 11 is 0. The van der Waals surface area contributed by atoms with Crippen molar-refractivity contribution in [2.75, 3.05) is 0 Å². The van der Waals surface area contributed by atoms with Crippen molar-refractivity contribution in [1.82, 2.24) is 5.16 Å². The van der Waals surface area contributed by atoms with Crippen LogP contribution in [0.2, 0.25) is 0 Å². The molecule has 0 saturated heterocycles. The van der Waals surface area contributed by atoms with Gasteiger partial charge in [-0.15, -0.1) is 0 Å². The second-order valence-electron chi connectivity index (χ2n) is 3.45. The fourth-order valence-corrected chi connectivity index (χ4v) is 1.44. The van der Waals surface area contributed by atoms with Crippen LogP contribution in [0.25, 0.3) is 11.1 Å². The minimum Gasteiger partial charge on any atom is -0.475 e. The van der Waals surface area contributed by atoms with Gasteiger partial charge in [0.2, 0.25) is 0 Å². The largest absolute Gasteiger partial charge is 0.475 e. The Morgan fingerprint density at radius 1 is 1.22 bits per heavy atom. The van der Waals surface area contributed by atoms with E-state index in [9.17, 15) is 18.0 Å². The van der Waals surface area contributed by atoms with Gasteiger partial charge in [-0.1, -0.05) is 17.3 Å². The number of halogens is 3. The molecule has 0 amide bonds. The van der Waals surface area contributed by atoms with Gasteiger partial charge in [0.1, 0.15) is 0 Å². The fourth-order valence-electron chi connectivity index (χ4n) is 1.44. The Morgan fingerprint density at radius 2 is 1.83 bits per heavy atom. The summed E-state index contributed by atoms with van der Waals surface area (Å²) in [5, 5.41) is 12.1. The van der Waals surface area contributed by atoms with Crippen LogP contribution in [0.4, 0.5) is 13.2 Å². The molecule has 1 aromatic heterocycles. The van der Waals surface area contributed by atoms with Gasteiger partial charge < -0.3 is 9.63 Å². The van der Waals surface area contributed by atoms with Crippen molar-refractivity contribution in [3.05, 3.63) is 41.8 Å². The van der Waals surface area contributed by atoms with Crippen LogP contribution >= 0.6 is 0 Å². The highest BCUT2D eigenvalue weighted by Gasteiger charge is 2.30. The average Bonchev–Trinajstić information content (AvgIpc) is 2.77. The zero-order valence-corrected chi connectivity index (χ0v) is 8.73. The molecule has 0 spiro atoms. The van der Waals surface area contributed by atoms with Gasteiger partial charge in [0, 0.05) is 0 Å². The lowest BCUT2D eigenvalue weighted by Crippen LogP contribution is -2.04. The molecule has 18 heavy (non-hydrogen) atoms. The van der Waals surface area contributed by atoms with Crippen LogP contribution in [0, 0.1) is 0 Å². The third-order valence-corrected chi connectivity index (χ3v) is 2.29. The van der Waals surface area contributed by atoms with E-state index in [2.05, 4.69) is 9.68 Å². The zero-order valence-electron chi connectivity index (χ0n) is 8.73. The van der Waals surface area contributed by atoms with Gasteiger partial charge in [-0.3, -0.25) is 0 Å². The lowest BCUT2D eigenvalue weighted by Gasteiger charge is -2.06. The summed E-state index contributed by atoms with van der Waals surface area (Å²) in [5.74, 6) is -1.74. The third-order valence-electron chi connectivity index (χ3n) is 2.29. The van der Waals surface area contributed by atoms with E-state index in [1.165, 1.54) is 12.1 Å². The predicted octanol–water partition coefficient (Wildman–Crippen LogP) is 3.06. The Kier molecular flexibility index (Phi) is 2.82. The average molecular weight is 257 g/mol. The number of nitrogens with zero attached hydrogens (tertiary/aromatic N) is 1. The summed E-state index contributed by atoms with van der Waals surface area (Å²) in [4.78, 5) is 10.8. The van der Waals surface area contributed by atoms with Crippen LogP contribution in [-0.4, -0.2) is 16.2 Å². The molecule has 0 unspecified atom stereocenters. The molecule has 0 aliphatic carbocycles. The highest BCUT2D eigenvalue weighted by Crippen LogP contribution is 2.31. The van der Waals surface area contributed by atoms with Crippen LogP contribution in [0.15, 0.2) is 35.0 Å². The Morgan fingerprint density at radius 3 is 2.33 bits per heavy atom. The molecule has 7 heteroatoms. The molecule has 2 aromatic rings. The number of alkyl halides is 3. The molecule has 1 heterocycles. The summed E-state index contributed by atoms with van der Waals surface area (Å²) in [7, 11) is 0. The number of hydrogen-bond acceptors (Lipinski definition) is 3. The molecule has 0 fully saturated rings. The van der Waals surface area contributed by atoms with Crippen LogP contribution < -0.4 is 0 Å². The second-order valence-corrected chi connectivity index (χ2v) is 3.45. The molecule has 0 bridgehead atoms. The van der Waals surface area contributed by atoms with E-state index in [-0.39, 0.29) is 5.56 Å². The summed E-state index contributed by atoms with van der Waals surface area (Å²) in [6.07, 6.45) is -3.28. The Labute approximate surface area is 98.6 Å². The first-order valence-electron chi connectivity index (χ1n) is 4.75. The van der Waals surface area contributed by atoms with E-state index in [0.29, 0.717) is 5.56 Å². The standard InChI is InChI=1S/C11H6F3NO3/c12-11(13,14)7-3-1-6(2-4-7)8-5-15-18-9(8)10(16)17/h1-5H,(H,16,17). The molecular weight excluding hydrogens is 251 g/mol. The molecule has 1 aromatic carbocycles. The Hall–Kier alpha value is -2.31. The molecule has 0 radical (unpaired) electrons. The van der Waals surface area contributed by atoms with Gasteiger partial charge >= 0.3 is 12.1 Å². The minimum absolute atomic E-state index is 0.135. The maximum atomic E-state index is 12.3. The van der Waals surface area contributed by atoms with Crippen molar-refractivity contribution < 1.29 is 27.6 Å². The maximum absolute atomic E-state index is 12.3. The highest BCUT2D eigenvalue weighted by molar-refractivity contribution is 5.92. The molecule has 0 aliphatic rings. The molecule has 2 rings (SSSR count). The SMILES string of the molecule is O=C(O)c1oncc1-c1ccc(C(F)(F)F)cc1. The van der Waals surface area contributed by atoms with Gasteiger partial charge in [0.05, 0.1) is 17.3 Å². The normalized spacial score (nSPS) is 11.5. The van der Waals surface area contributed by atoms with Crippen LogP contribution in [0.5, 0.6) is 0 Å². The third kappa shape index (κ3) is 2.20. The lowest BCUT2D eigenvalue weighted by molar-refractivity contribution is -0.137. The van der Waals surface area contributed by atoms with E-state index >= 15 is 0 Å². The van der Waals surface area contributed by atoms with Gasteiger partial charge in [-0.25, -0.2) is 4.79 Å². The number of carboxylic acids is 1. The van der Waals surface area contributed by atoms with E-state index in [4.69, 9.17) is 5.11 Å². The van der Waals surface area contributed by atoms with Gasteiger partial charge in [-0.2, -0.15) is 13.2 Å². The van der Waals surface area contributed by atoms with Crippen molar-refractivity contribution in [2.24, 2.45) is 0 Å². The van der Waals surface area contributed by atoms with Crippen molar-refractivity contribution in [1.29, 1.82) is 0 Å². The van der Waals surface area contributed by atoms with Crippen molar-refractivity contribution >= 4 is 5.97 Å². The zero-order chi connectivity index (χ0) is 13.3. The first kappa shape index (κ1) is 12.2. The van der Waals surface area contributed by atoms with Gasteiger partial charge in [0.15, 0.2) is 0 Å². The van der Waals surface area contributed by atoms with E-state index in [0.717, 1.165) is 18.3 Å². The number of benzene rings is 1. The summed E-state index contributed by atoms with van der Waals surface area (Å²) in [6, 6.07) is 4.07. The van der Waals surface area contributed by atoms with Crippen LogP contribution in [-0.2, 0) is 6.18 Å². The van der Waals surface area contributed by atoms with E-state index in [1.54, 1.807) is 0 Å². The fraction of sp³-hybridized carbons (Fsp3) is 0.0909. The lowest BCUT2D eigenvalue weighted by atomic mass is 10.0. The first-order valence-corrected chi connectivity index (χ1v) is 4.75. The number of rotatable bonds is 2. The first-order chi connectivity index (χ1) is 8.39. The van der Waals surface area contributed by atoms with Crippen LogP contribution in [0.1, 0.15) is 16.1 Å². The van der Waals surface area contributed by atoms with Gasteiger partial charge in [0.25, 0.3) is 5.76 Å². The number of hydrogen-bond donors (Lipinski definition) is 1. The Bertz CT molecular complexity index is 572. The molecule has 0 aliphatic heterocycles. The molecule has 4 nitrogen and oxygen atoms in total. The number of carbonyl (C=O) groups is 1. The molecule has 1 N–H and O–H groups in total. The molecular formula is C11H6F3NO3. The number of carboxylic acid groups (broad SMARTS) is 1. The quantitative estimate of drug-likeness (QED) is 0.897. The molecule has 94 valence electrons. The monoisotopic (exact) mass is 257 g/mol. The predicted molar refractivity (Wildman–Crippen MR) is 53.9 cm³/mol. The summed E-state index contributed by atoms with van der Waals surface area (Å²) in [5.41, 5.74) is -0.377. The minimum atomic E-state index is -4.43. The number of aromatic carboxylic acids is 1. The Balaban J connectivity index is 2.41. The van der Waals surface area contributed by atoms with Crippen molar-refractivity contribution in [3.8, 4) is 11.1 Å². The van der Waals surface area contributed by atoms with Crippen LogP contribution in [0.3, 0.4) is 0 Å².